The van der Waals surface area contributed by atoms with E-state index in [1.807, 2.05) is 0 Å². The van der Waals surface area contributed by atoms with Gasteiger partial charge in [-0.3, -0.25) is 0 Å². The summed E-state index contributed by atoms with van der Waals surface area (Å²) in [6, 6.07) is 0. The number of oxime groups is 1. The summed E-state index contributed by atoms with van der Waals surface area (Å²) >= 11 is 0. The average molecular weight is 229 g/mol. The Kier molecular flexibility index (Phi) is 5.02. The lowest BCUT2D eigenvalue weighted by Crippen LogP contribution is -2.44. The largest absolute Gasteiger partial charge is 0.409 e. The van der Waals surface area contributed by atoms with Gasteiger partial charge in [-0.1, -0.05) is 24.9 Å². The highest BCUT2D eigenvalue weighted by molar-refractivity contribution is 5.79. The van der Waals surface area contributed by atoms with Crippen molar-refractivity contribution >= 4 is 5.84 Å². The van der Waals surface area contributed by atoms with E-state index in [4.69, 9.17) is 10.9 Å². The Bertz CT molecular complexity index is 245. The van der Waals surface area contributed by atoms with Gasteiger partial charge in [0, 0.05) is 19.5 Å². The number of nitrogens with zero attached hydrogens (tertiary/aromatic N) is 1. The van der Waals surface area contributed by atoms with Crippen LogP contribution in [0.1, 0.15) is 39.0 Å². The first-order valence-corrected chi connectivity index (χ1v) is 5.95. The third kappa shape index (κ3) is 4.37. The molecule has 5 N–H and O–H groups in total. The first-order valence-electron chi connectivity index (χ1n) is 5.95. The normalized spacial score (nSPS) is 31.6. The molecule has 0 spiro atoms. The topological polar surface area (TPSA) is 90.9 Å². The molecule has 2 unspecified atom stereocenters. The molecule has 0 bridgehead atoms. The van der Waals surface area contributed by atoms with Gasteiger partial charge in [0.15, 0.2) is 0 Å². The molecule has 1 aliphatic rings. The molecule has 16 heavy (non-hydrogen) atoms. The molecule has 94 valence electrons. The minimum atomic E-state index is -0.567. The highest BCUT2D eigenvalue weighted by atomic mass is 16.4. The third-order valence-electron chi connectivity index (χ3n) is 3.21. The lowest BCUT2D eigenvalue weighted by molar-refractivity contribution is -0.0114. The minimum Gasteiger partial charge on any atom is -0.409 e. The van der Waals surface area contributed by atoms with E-state index in [2.05, 4.69) is 17.4 Å². The van der Waals surface area contributed by atoms with Crippen LogP contribution >= 0.6 is 0 Å². The Morgan fingerprint density at radius 2 is 2.38 bits per heavy atom. The van der Waals surface area contributed by atoms with Crippen LogP contribution in [0.15, 0.2) is 5.16 Å². The predicted molar refractivity (Wildman–Crippen MR) is 63.5 cm³/mol. The number of rotatable bonds is 5. The molecule has 0 heterocycles. The molecule has 0 aromatic carbocycles. The SMILES string of the molecule is CC1CCCC(O)(CNCCC(N)=NO)C1. The van der Waals surface area contributed by atoms with E-state index < -0.39 is 5.60 Å². The van der Waals surface area contributed by atoms with Crippen LogP contribution in [0.4, 0.5) is 0 Å². The van der Waals surface area contributed by atoms with Crippen molar-refractivity contribution in [2.45, 2.75) is 44.6 Å². The maximum Gasteiger partial charge on any atom is 0.140 e. The quantitative estimate of drug-likeness (QED) is 0.183. The molecule has 1 saturated carbocycles. The van der Waals surface area contributed by atoms with E-state index in [9.17, 15) is 5.11 Å². The Balaban J connectivity index is 2.20. The Hall–Kier alpha value is -0.810. The lowest BCUT2D eigenvalue weighted by Gasteiger charge is -2.35. The first kappa shape index (κ1) is 13.3. The van der Waals surface area contributed by atoms with Crippen molar-refractivity contribution < 1.29 is 10.3 Å². The Labute approximate surface area is 96.7 Å². The number of amidine groups is 1. The minimum absolute atomic E-state index is 0.219. The molecule has 0 saturated heterocycles. The fraction of sp³-hybridized carbons (Fsp3) is 0.909. The van der Waals surface area contributed by atoms with Crippen LogP contribution in [0, 0.1) is 5.92 Å². The molecule has 0 amide bonds. The number of hydrogen-bond acceptors (Lipinski definition) is 4. The van der Waals surface area contributed by atoms with Crippen LogP contribution in [0.5, 0.6) is 0 Å². The molecule has 5 nitrogen and oxygen atoms in total. The monoisotopic (exact) mass is 229 g/mol. The van der Waals surface area contributed by atoms with Crippen molar-refractivity contribution in [2.24, 2.45) is 16.8 Å². The van der Waals surface area contributed by atoms with Gasteiger partial charge in [0.1, 0.15) is 5.84 Å². The zero-order valence-electron chi connectivity index (χ0n) is 9.95. The summed E-state index contributed by atoms with van der Waals surface area (Å²) in [5.41, 5.74) is 4.78. The van der Waals surface area contributed by atoms with Gasteiger partial charge in [0.05, 0.1) is 5.60 Å². The number of hydrogen-bond donors (Lipinski definition) is 4. The van der Waals surface area contributed by atoms with Crippen LogP contribution in [0.3, 0.4) is 0 Å². The van der Waals surface area contributed by atoms with Gasteiger partial charge in [0.25, 0.3) is 0 Å². The fourth-order valence-corrected chi connectivity index (χ4v) is 2.38. The Morgan fingerprint density at radius 3 is 3.00 bits per heavy atom. The molecule has 1 fully saturated rings. The molecule has 0 aromatic rings. The van der Waals surface area contributed by atoms with Crippen molar-refractivity contribution in [3.63, 3.8) is 0 Å². The van der Waals surface area contributed by atoms with Gasteiger partial charge in [-0.25, -0.2) is 0 Å². The summed E-state index contributed by atoms with van der Waals surface area (Å²) in [5.74, 6) is 0.820. The molecule has 5 heteroatoms. The summed E-state index contributed by atoms with van der Waals surface area (Å²) in [6.45, 7) is 3.41. The van der Waals surface area contributed by atoms with E-state index in [0.717, 1.165) is 19.3 Å². The van der Waals surface area contributed by atoms with E-state index in [1.54, 1.807) is 0 Å². The van der Waals surface area contributed by atoms with Crippen molar-refractivity contribution in [2.75, 3.05) is 13.1 Å². The highest BCUT2D eigenvalue weighted by Crippen LogP contribution is 2.31. The van der Waals surface area contributed by atoms with Gasteiger partial charge in [-0.15, -0.1) is 0 Å². The van der Waals surface area contributed by atoms with Gasteiger partial charge in [-0.2, -0.15) is 0 Å². The third-order valence-corrected chi connectivity index (χ3v) is 3.21. The smallest absolute Gasteiger partial charge is 0.140 e. The summed E-state index contributed by atoms with van der Waals surface area (Å²) in [5, 5.41) is 24.7. The molecular formula is C11H23N3O2. The summed E-state index contributed by atoms with van der Waals surface area (Å²) in [4.78, 5) is 0. The predicted octanol–water partition coefficient (Wildman–Crippen LogP) is 0.654. The van der Waals surface area contributed by atoms with Crippen molar-refractivity contribution in [1.29, 1.82) is 0 Å². The van der Waals surface area contributed by atoms with Gasteiger partial charge in [-0.05, 0) is 18.8 Å². The van der Waals surface area contributed by atoms with E-state index >= 15 is 0 Å². The van der Waals surface area contributed by atoms with Gasteiger partial charge in [0.2, 0.25) is 0 Å². The molecule has 0 aromatic heterocycles. The second-order valence-electron chi connectivity index (χ2n) is 4.94. The zero-order chi connectivity index (χ0) is 12.0. The molecule has 1 aliphatic carbocycles. The lowest BCUT2D eigenvalue weighted by atomic mass is 9.79. The standard InChI is InChI=1S/C11H23N3O2/c1-9-3-2-5-11(15,7-9)8-13-6-4-10(12)14-16/h9,13,15-16H,2-8H2,1H3,(H2,12,14). The second-order valence-corrected chi connectivity index (χ2v) is 4.94. The van der Waals surface area contributed by atoms with Gasteiger partial charge >= 0.3 is 0 Å². The molecule has 2 atom stereocenters. The summed E-state index contributed by atoms with van der Waals surface area (Å²) < 4.78 is 0. The second kappa shape index (κ2) is 6.06. The molecular weight excluding hydrogens is 206 g/mol. The van der Waals surface area contributed by atoms with Crippen LogP contribution in [0.25, 0.3) is 0 Å². The molecule has 1 rings (SSSR count). The number of aliphatic hydroxyl groups is 1. The van der Waals surface area contributed by atoms with Crippen LogP contribution in [0.2, 0.25) is 0 Å². The number of nitrogens with two attached hydrogens (primary N) is 1. The Morgan fingerprint density at radius 1 is 1.62 bits per heavy atom. The average Bonchev–Trinajstić information content (AvgIpc) is 2.23. The maximum absolute atomic E-state index is 10.3. The fourth-order valence-electron chi connectivity index (χ4n) is 2.38. The maximum atomic E-state index is 10.3. The summed E-state index contributed by atoms with van der Waals surface area (Å²) in [7, 11) is 0. The molecule has 0 radical (unpaired) electrons. The molecule has 0 aliphatic heterocycles. The zero-order valence-corrected chi connectivity index (χ0v) is 9.95. The van der Waals surface area contributed by atoms with Crippen molar-refractivity contribution in [3.05, 3.63) is 0 Å². The van der Waals surface area contributed by atoms with E-state index in [0.29, 0.717) is 25.4 Å². The van der Waals surface area contributed by atoms with Crippen LogP contribution in [-0.4, -0.2) is 34.8 Å². The summed E-state index contributed by atoms with van der Waals surface area (Å²) in [6.07, 6.45) is 4.55. The van der Waals surface area contributed by atoms with E-state index in [-0.39, 0.29) is 5.84 Å². The van der Waals surface area contributed by atoms with E-state index in [1.165, 1.54) is 6.42 Å². The highest BCUT2D eigenvalue weighted by Gasteiger charge is 2.31. The first-order chi connectivity index (χ1) is 7.56. The van der Waals surface area contributed by atoms with Gasteiger partial charge < -0.3 is 21.4 Å². The van der Waals surface area contributed by atoms with Crippen LogP contribution in [-0.2, 0) is 0 Å². The van der Waals surface area contributed by atoms with Crippen LogP contribution < -0.4 is 11.1 Å². The number of nitrogens with one attached hydrogen (secondary N) is 1. The van der Waals surface area contributed by atoms with Crippen molar-refractivity contribution in [1.82, 2.24) is 5.32 Å². The van der Waals surface area contributed by atoms with Crippen molar-refractivity contribution in [3.8, 4) is 0 Å².